The van der Waals surface area contributed by atoms with Crippen LogP contribution in [-0.4, -0.2) is 145 Å². The van der Waals surface area contributed by atoms with E-state index >= 15 is 0 Å². The van der Waals surface area contributed by atoms with E-state index in [1.54, 1.807) is 0 Å². The molecule has 15 N–H and O–H groups in total. The fourth-order valence-corrected chi connectivity index (χ4v) is 6.97. The van der Waals surface area contributed by atoms with Crippen molar-refractivity contribution >= 4 is 21.9 Å². The summed E-state index contributed by atoms with van der Waals surface area (Å²) in [6, 6.07) is 10.9. The first-order valence-corrected chi connectivity index (χ1v) is 19.1. The summed E-state index contributed by atoms with van der Waals surface area (Å²) in [5.74, 6) is -6.05. The Labute approximate surface area is 362 Å². The molecule has 4 aromatic carbocycles. The smallest absolute Gasteiger partial charge is 0.239 e. The van der Waals surface area contributed by atoms with E-state index in [0.29, 0.717) is 0 Å². The van der Waals surface area contributed by atoms with Crippen molar-refractivity contribution in [3.8, 4) is 80.1 Å². The SMILES string of the molecule is C[C@@H]1O[C@@H](OC[C@H]2O[C@@H](Oc3c(-c4ccc(O)c(O)c4)oc4cc(O)cc(O)c4c3=O)[C@H](O)[C@@H](O)[C@@H]2O)[C@H](O)[C@H](O)[C@H]1O.O=c1c(O)c(-c2ccc(O)c(O)c2)oc2cc(O)cc(O)c12. The van der Waals surface area contributed by atoms with Crippen LogP contribution in [0.4, 0.5) is 0 Å². The number of aliphatic hydroxyl groups is 6. The van der Waals surface area contributed by atoms with E-state index in [9.17, 15) is 86.2 Å². The molecule has 0 radical (unpaired) electrons. The molecule has 23 heteroatoms. The highest BCUT2D eigenvalue weighted by Gasteiger charge is 2.48. The maximum atomic E-state index is 13.6. The van der Waals surface area contributed by atoms with E-state index in [-0.39, 0.29) is 44.9 Å². The zero-order chi connectivity index (χ0) is 47.3. The number of fused-ring (bicyclic) bond motifs is 2. The van der Waals surface area contributed by atoms with Gasteiger partial charge in [-0.3, -0.25) is 9.59 Å². The molecular weight excluding hydrogens is 872 g/mol. The van der Waals surface area contributed by atoms with Crippen LogP contribution in [0.15, 0.2) is 79.1 Å². The lowest BCUT2D eigenvalue weighted by Gasteiger charge is -2.42. The summed E-state index contributed by atoms with van der Waals surface area (Å²) in [6.45, 7) is 0.818. The summed E-state index contributed by atoms with van der Waals surface area (Å²) < 4.78 is 33.2. The van der Waals surface area contributed by atoms with Crippen LogP contribution in [-0.2, 0) is 14.2 Å². The Bertz CT molecular complexity index is 2870. The van der Waals surface area contributed by atoms with Crippen LogP contribution >= 0.6 is 0 Å². The average Bonchev–Trinajstić information content (AvgIpc) is 3.25. The molecule has 2 aliphatic rings. The molecule has 2 saturated heterocycles. The molecular formula is C42H40O23. The van der Waals surface area contributed by atoms with Crippen molar-refractivity contribution in [3.05, 3.63) is 81.1 Å². The Hall–Kier alpha value is -7.06. The summed E-state index contributed by atoms with van der Waals surface area (Å²) in [4.78, 5) is 25.7. The van der Waals surface area contributed by atoms with Gasteiger partial charge in [0.25, 0.3) is 0 Å². The molecule has 346 valence electrons. The molecule has 10 atom stereocenters. The average molecular weight is 913 g/mol. The lowest BCUT2D eigenvalue weighted by Crippen LogP contribution is -2.61. The van der Waals surface area contributed by atoms with Crippen molar-refractivity contribution in [1.29, 1.82) is 0 Å². The van der Waals surface area contributed by atoms with Gasteiger partial charge in [0.1, 0.15) is 87.7 Å². The molecule has 0 unspecified atom stereocenters. The number of phenolic OH excluding ortho intramolecular Hbond substituents is 8. The lowest BCUT2D eigenvalue weighted by molar-refractivity contribution is -0.318. The van der Waals surface area contributed by atoms with Crippen LogP contribution in [0.3, 0.4) is 0 Å². The molecule has 0 amide bonds. The van der Waals surface area contributed by atoms with Crippen LogP contribution < -0.4 is 15.6 Å². The first kappa shape index (κ1) is 45.9. The molecule has 0 spiro atoms. The van der Waals surface area contributed by atoms with Crippen LogP contribution in [0.1, 0.15) is 6.92 Å². The van der Waals surface area contributed by atoms with Crippen molar-refractivity contribution in [1.82, 2.24) is 0 Å². The van der Waals surface area contributed by atoms with E-state index in [4.69, 9.17) is 27.8 Å². The van der Waals surface area contributed by atoms with Gasteiger partial charge in [0.05, 0.1) is 12.7 Å². The molecule has 0 aliphatic carbocycles. The number of aromatic hydroxyl groups is 9. The highest BCUT2D eigenvalue weighted by atomic mass is 16.7. The van der Waals surface area contributed by atoms with E-state index < -0.39 is 136 Å². The highest BCUT2D eigenvalue weighted by Crippen LogP contribution is 2.41. The maximum Gasteiger partial charge on any atom is 0.239 e. The van der Waals surface area contributed by atoms with Gasteiger partial charge < -0.3 is 104 Å². The molecule has 2 aromatic heterocycles. The molecule has 2 fully saturated rings. The summed E-state index contributed by atoms with van der Waals surface area (Å²) in [5, 5.41) is 149. The molecule has 0 bridgehead atoms. The van der Waals surface area contributed by atoms with Crippen LogP contribution in [0.25, 0.3) is 44.6 Å². The Morgan fingerprint density at radius 1 is 0.508 bits per heavy atom. The van der Waals surface area contributed by atoms with E-state index in [1.165, 1.54) is 19.1 Å². The topological polar surface area (TPSA) is 401 Å². The molecule has 8 rings (SSSR count). The fraction of sp³-hybridized carbons (Fsp3) is 0.286. The number of hydrogen-bond acceptors (Lipinski definition) is 23. The zero-order valence-corrected chi connectivity index (χ0v) is 33.2. The highest BCUT2D eigenvalue weighted by molar-refractivity contribution is 5.89. The monoisotopic (exact) mass is 912 g/mol. The summed E-state index contributed by atoms with van der Waals surface area (Å²) >= 11 is 0. The maximum absolute atomic E-state index is 13.6. The second kappa shape index (κ2) is 17.8. The standard InChI is InChI=1S/C27H30O16.C15H10O7/c1-8-17(32)20(35)22(37)26(40-8)39-7-15-18(33)21(36)23(38)27(42-15)43-25-19(34)16-13(31)5-10(28)6-14(16)41-24(25)9-2-3-11(29)12(30)4-9;16-7-4-10(19)12-11(5-7)22-15(14(21)13(12)20)6-1-2-8(17)9(18)3-6/h2-6,8,15,17-18,20-23,26-33,35-38H,7H2,1H3;1-5,16-19,21H/t8-,15+,17-,18+,20+,21-,22+,23+,26+,27-;/m0./s1. The predicted molar refractivity (Wildman–Crippen MR) is 216 cm³/mol. The molecule has 65 heavy (non-hydrogen) atoms. The summed E-state index contributed by atoms with van der Waals surface area (Å²) in [6.07, 6.45) is -16.2. The minimum atomic E-state index is -1.97. The van der Waals surface area contributed by atoms with Crippen LogP contribution in [0.5, 0.6) is 57.5 Å². The zero-order valence-electron chi connectivity index (χ0n) is 33.2. The van der Waals surface area contributed by atoms with Crippen molar-refractivity contribution in [3.63, 3.8) is 0 Å². The Morgan fingerprint density at radius 2 is 1.00 bits per heavy atom. The minimum Gasteiger partial charge on any atom is -0.508 e. The third kappa shape index (κ3) is 8.78. The molecule has 0 saturated carbocycles. The van der Waals surface area contributed by atoms with Gasteiger partial charge in [0.15, 0.2) is 40.8 Å². The Kier molecular flexibility index (Phi) is 12.6. The first-order valence-electron chi connectivity index (χ1n) is 19.1. The summed E-state index contributed by atoms with van der Waals surface area (Å²) in [7, 11) is 0. The number of ether oxygens (including phenoxy) is 4. The van der Waals surface area contributed by atoms with Crippen molar-refractivity contribution < 1.29 is 104 Å². The fourth-order valence-electron chi connectivity index (χ4n) is 6.97. The number of rotatable bonds is 7. The minimum absolute atomic E-state index is 0.0313. The van der Waals surface area contributed by atoms with Gasteiger partial charge in [-0.1, -0.05) is 0 Å². The van der Waals surface area contributed by atoms with Gasteiger partial charge in [-0.15, -0.1) is 0 Å². The van der Waals surface area contributed by atoms with E-state index in [0.717, 1.165) is 48.5 Å². The number of aliphatic hydroxyl groups excluding tert-OH is 6. The van der Waals surface area contributed by atoms with Crippen molar-refractivity contribution in [2.75, 3.05) is 6.61 Å². The third-order valence-corrected chi connectivity index (χ3v) is 10.5. The second-order valence-electron chi connectivity index (χ2n) is 14.9. The lowest BCUT2D eigenvalue weighted by atomic mass is 9.98. The summed E-state index contributed by atoms with van der Waals surface area (Å²) in [5.41, 5.74) is -2.24. The van der Waals surface area contributed by atoms with Crippen molar-refractivity contribution in [2.45, 2.75) is 68.3 Å². The molecule has 2 aliphatic heterocycles. The van der Waals surface area contributed by atoms with Gasteiger partial charge in [0.2, 0.25) is 28.6 Å². The first-order chi connectivity index (χ1) is 30.7. The van der Waals surface area contributed by atoms with Gasteiger partial charge in [-0.25, -0.2) is 0 Å². The van der Waals surface area contributed by atoms with Gasteiger partial charge in [-0.2, -0.15) is 0 Å². The Balaban J connectivity index is 0.000000239. The van der Waals surface area contributed by atoms with Crippen molar-refractivity contribution in [2.24, 2.45) is 0 Å². The van der Waals surface area contributed by atoms with Gasteiger partial charge >= 0.3 is 0 Å². The van der Waals surface area contributed by atoms with Gasteiger partial charge in [-0.05, 0) is 43.3 Å². The number of phenols is 8. The number of benzene rings is 4. The van der Waals surface area contributed by atoms with Crippen LogP contribution in [0.2, 0.25) is 0 Å². The molecule has 23 nitrogen and oxygen atoms in total. The predicted octanol–water partition coefficient (Wildman–Crippen LogP) is 0.301. The van der Waals surface area contributed by atoms with E-state index in [2.05, 4.69) is 0 Å². The largest absolute Gasteiger partial charge is 0.508 e. The normalized spacial score (nSPS) is 25.5. The van der Waals surface area contributed by atoms with Crippen LogP contribution in [0, 0.1) is 0 Å². The van der Waals surface area contributed by atoms with Gasteiger partial charge in [0, 0.05) is 35.4 Å². The molecule has 6 aromatic rings. The Morgan fingerprint density at radius 3 is 1.55 bits per heavy atom. The third-order valence-electron chi connectivity index (χ3n) is 10.5. The number of hydrogen-bond donors (Lipinski definition) is 15. The van der Waals surface area contributed by atoms with E-state index in [1.807, 2.05) is 0 Å². The second-order valence-corrected chi connectivity index (χ2v) is 14.9. The quantitative estimate of drug-likeness (QED) is 0.0958. The molecule has 4 heterocycles.